The summed E-state index contributed by atoms with van der Waals surface area (Å²) >= 11 is 0. The first kappa shape index (κ1) is 13.4. The normalized spacial score (nSPS) is 11.1. The fraction of sp³-hybridized carbons (Fsp3) is 0.778. The van der Waals surface area contributed by atoms with Gasteiger partial charge in [0.25, 0.3) is 10.2 Å². The molecule has 0 aromatic rings. The second-order valence-corrected chi connectivity index (χ2v) is 4.54. The molecule has 0 atom stereocenters. The molecular formula is C9H18N2O2S. The summed E-state index contributed by atoms with van der Waals surface area (Å²) in [6, 6.07) is 0. The average molecular weight is 218 g/mol. The van der Waals surface area contributed by atoms with E-state index in [0.717, 1.165) is 19.3 Å². The molecule has 0 spiro atoms. The van der Waals surface area contributed by atoms with Gasteiger partial charge >= 0.3 is 0 Å². The number of hydrogen-bond acceptors (Lipinski definition) is 2. The maximum Gasteiger partial charge on any atom is 0.276 e. The summed E-state index contributed by atoms with van der Waals surface area (Å²) in [5.41, 5.74) is 0. The van der Waals surface area contributed by atoms with Crippen molar-refractivity contribution in [2.45, 2.75) is 32.6 Å². The van der Waals surface area contributed by atoms with Crippen LogP contribution in [-0.2, 0) is 10.2 Å². The van der Waals surface area contributed by atoms with Crippen molar-refractivity contribution < 1.29 is 8.42 Å². The zero-order valence-electron chi connectivity index (χ0n) is 8.54. The van der Waals surface area contributed by atoms with Gasteiger partial charge in [-0.15, -0.1) is 12.3 Å². The average Bonchev–Trinajstić information content (AvgIpc) is 2.15. The van der Waals surface area contributed by atoms with E-state index in [4.69, 9.17) is 6.42 Å². The van der Waals surface area contributed by atoms with Gasteiger partial charge in [0.15, 0.2) is 0 Å². The number of nitrogens with one attached hydrogen (secondary N) is 2. The maximum atomic E-state index is 11.2. The van der Waals surface area contributed by atoms with Gasteiger partial charge in [0.05, 0.1) is 0 Å². The lowest BCUT2D eigenvalue weighted by atomic mass is 10.2. The van der Waals surface area contributed by atoms with Gasteiger partial charge < -0.3 is 0 Å². The molecule has 0 rings (SSSR count). The molecule has 14 heavy (non-hydrogen) atoms. The van der Waals surface area contributed by atoms with Gasteiger partial charge in [0, 0.05) is 19.5 Å². The van der Waals surface area contributed by atoms with Crippen LogP contribution in [0.3, 0.4) is 0 Å². The van der Waals surface area contributed by atoms with E-state index in [1.807, 2.05) is 6.92 Å². The van der Waals surface area contributed by atoms with Crippen LogP contribution in [0.1, 0.15) is 32.6 Å². The van der Waals surface area contributed by atoms with Crippen molar-refractivity contribution in [3.8, 4) is 12.3 Å². The van der Waals surface area contributed by atoms with Gasteiger partial charge in [-0.25, -0.2) is 9.44 Å². The highest BCUT2D eigenvalue weighted by molar-refractivity contribution is 7.87. The van der Waals surface area contributed by atoms with E-state index in [0.29, 0.717) is 19.5 Å². The third-order valence-corrected chi connectivity index (χ3v) is 2.75. The van der Waals surface area contributed by atoms with Gasteiger partial charge in [-0.1, -0.05) is 6.92 Å². The van der Waals surface area contributed by atoms with E-state index in [9.17, 15) is 8.42 Å². The molecule has 0 aliphatic rings. The van der Waals surface area contributed by atoms with E-state index in [2.05, 4.69) is 15.4 Å². The molecule has 0 aliphatic carbocycles. The van der Waals surface area contributed by atoms with Gasteiger partial charge in [-0.05, 0) is 19.3 Å². The fourth-order valence-corrected chi connectivity index (χ4v) is 1.83. The molecule has 0 fully saturated rings. The zero-order valence-corrected chi connectivity index (χ0v) is 9.36. The van der Waals surface area contributed by atoms with Crippen LogP contribution in [0.2, 0.25) is 0 Å². The van der Waals surface area contributed by atoms with Crippen molar-refractivity contribution in [3.05, 3.63) is 0 Å². The Labute approximate surface area is 86.7 Å². The lowest BCUT2D eigenvalue weighted by Gasteiger charge is -2.06. The lowest BCUT2D eigenvalue weighted by molar-refractivity contribution is 0.562. The Hall–Kier alpha value is -0.570. The first-order valence-corrected chi connectivity index (χ1v) is 6.28. The van der Waals surface area contributed by atoms with Crippen molar-refractivity contribution >= 4 is 10.2 Å². The Kier molecular flexibility index (Phi) is 7.48. The molecule has 0 saturated heterocycles. The SMILES string of the molecule is C#CCCCCNS(=O)(=O)NCCC. The summed E-state index contributed by atoms with van der Waals surface area (Å²) in [6.45, 7) is 2.83. The number of unbranched alkanes of at least 4 members (excludes halogenated alkanes) is 2. The van der Waals surface area contributed by atoms with E-state index in [1.165, 1.54) is 0 Å². The van der Waals surface area contributed by atoms with E-state index in [-0.39, 0.29) is 0 Å². The molecule has 0 amide bonds. The molecule has 0 aromatic heterocycles. The molecule has 0 radical (unpaired) electrons. The Morgan fingerprint density at radius 2 is 1.86 bits per heavy atom. The van der Waals surface area contributed by atoms with Gasteiger partial charge in [-0.2, -0.15) is 8.42 Å². The third kappa shape index (κ3) is 8.05. The molecule has 0 heterocycles. The number of terminal acetylenes is 1. The summed E-state index contributed by atoms with van der Waals surface area (Å²) in [6.07, 6.45) is 8.18. The van der Waals surface area contributed by atoms with Crippen LogP contribution in [0.15, 0.2) is 0 Å². The van der Waals surface area contributed by atoms with Crippen molar-refractivity contribution in [2.75, 3.05) is 13.1 Å². The van der Waals surface area contributed by atoms with Crippen LogP contribution in [0.4, 0.5) is 0 Å². The second-order valence-electron chi connectivity index (χ2n) is 2.95. The zero-order chi connectivity index (χ0) is 10.9. The Bertz CT molecular complexity index is 267. The predicted molar refractivity (Wildman–Crippen MR) is 57.9 cm³/mol. The first-order chi connectivity index (χ1) is 6.62. The van der Waals surface area contributed by atoms with Crippen molar-refractivity contribution in [1.82, 2.24) is 9.44 Å². The molecule has 0 saturated carbocycles. The summed E-state index contributed by atoms with van der Waals surface area (Å²) in [4.78, 5) is 0. The largest absolute Gasteiger partial charge is 0.276 e. The maximum absolute atomic E-state index is 11.2. The molecule has 82 valence electrons. The minimum absolute atomic E-state index is 0.445. The minimum Gasteiger partial charge on any atom is -0.202 e. The quantitative estimate of drug-likeness (QED) is 0.463. The van der Waals surface area contributed by atoms with Gasteiger partial charge in [0.1, 0.15) is 0 Å². The monoisotopic (exact) mass is 218 g/mol. The summed E-state index contributed by atoms with van der Waals surface area (Å²) in [7, 11) is -3.28. The summed E-state index contributed by atoms with van der Waals surface area (Å²) in [5.74, 6) is 2.51. The van der Waals surface area contributed by atoms with E-state index >= 15 is 0 Å². The molecule has 0 bridgehead atoms. The van der Waals surface area contributed by atoms with Crippen LogP contribution in [0.5, 0.6) is 0 Å². The molecule has 0 aliphatic heterocycles. The van der Waals surface area contributed by atoms with E-state index in [1.54, 1.807) is 0 Å². The Morgan fingerprint density at radius 1 is 1.21 bits per heavy atom. The summed E-state index contributed by atoms with van der Waals surface area (Å²) < 4.78 is 27.2. The number of hydrogen-bond donors (Lipinski definition) is 2. The van der Waals surface area contributed by atoms with Crippen LogP contribution < -0.4 is 9.44 Å². The number of rotatable bonds is 8. The predicted octanol–water partition coefficient (Wildman–Crippen LogP) is 0.624. The van der Waals surface area contributed by atoms with Crippen LogP contribution >= 0.6 is 0 Å². The standard InChI is InChI=1S/C9H18N2O2S/c1-3-5-6-7-9-11-14(12,13)10-8-4-2/h1,10-11H,4-9H2,2H3. The van der Waals surface area contributed by atoms with E-state index < -0.39 is 10.2 Å². The minimum atomic E-state index is -3.28. The lowest BCUT2D eigenvalue weighted by Crippen LogP contribution is -2.37. The molecule has 2 N–H and O–H groups in total. The van der Waals surface area contributed by atoms with Crippen LogP contribution in [0.25, 0.3) is 0 Å². The fourth-order valence-electron chi connectivity index (χ4n) is 0.846. The Morgan fingerprint density at radius 3 is 2.43 bits per heavy atom. The molecule has 4 nitrogen and oxygen atoms in total. The second kappa shape index (κ2) is 7.80. The molecular weight excluding hydrogens is 200 g/mol. The molecule has 0 aromatic carbocycles. The van der Waals surface area contributed by atoms with Crippen molar-refractivity contribution in [2.24, 2.45) is 0 Å². The van der Waals surface area contributed by atoms with Crippen LogP contribution in [-0.4, -0.2) is 21.5 Å². The highest BCUT2D eigenvalue weighted by Crippen LogP contribution is 1.92. The highest BCUT2D eigenvalue weighted by atomic mass is 32.2. The van der Waals surface area contributed by atoms with Gasteiger partial charge in [0.2, 0.25) is 0 Å². The topological polar surface area (TPSA) is 58.2 Å². The van der Waals surface area contributed by atoms with Crippen molar-refractivity contribution in [3.63, 3.8) is 0 Å². The summed E-state index contributed by atoms with van der Waals surface area (Å²) in [5, 5.41) is 0. The Balaban J connectivity index is 3.52. The highest BCUT2D eigenvalue weighted by Gasteiger charge is 2.05. The molecule has 0 unspecified atom stereocenters. The third-order valence-electron chi connectivity index (χ3n) is 1.58. The van der Waals surface area contributed by atoms with Crippen molar-refractivity contribution in [1.29, 1.82) is 0 Å². The van der Waals surface area contributed by atoms with Crippen LogP contribution in [0, 0.1) is 12.3 Å². The molecule has 5 heteroatoms. The van der Waals surface area contributed by atoms with Gasteiger partial charge in [-0.3, -0.25) is 0 Å². The smallest absolute Gasteiger partial charge is 0.202 e. The first-order valence-electron chi connectivity index (χ1n) is 4.80.